The topological polar surface area (TPSA) is 40.6 Å². The fourth-order valence-corrected chi connectivity index (χ4v) is 4.28. The lowest BCUT2D eigenvalue weighted by molar-refractivity contribution is -0.130. The summed E-state index contributed by atoms with van der Waals surface area (Å²) in [5.41, 5.74) is 6.38. The van der Waals surface area contributed by atoms with E-state index in [4.69, 9.17) is 0 Å². The smallest absolute Gasteiger partial charge is 0.246 e. The van der Waals surface area contributed by atoms with Gasteiger partial charge in [0.2, 0.25) is 11.8 Å². The first-order chi connectivity index (χ1) is 19.5. The van der Waals surface area contributed by atoms with Crippen molar-refractivity contribution in [3.05, 3.63) is 155 Å². The molecule has 0 heterocycles. The summed E-state index contributed by atoms with van der Waals surface area (Å²) in [5, 5.41) is 0. The molecule has 0 fully saturated rings. The van der Waals surface area contributed by atoms with Crippen LogP contribution in [0, 0.1) is 13.8 Å². The van der Waals surface area contributed by atoms with Gasteiger partial charge in [0.25, 0.3) is 0 Å². The summed E-state index contributed by atoms with van der Waals surface area (Å²) < 4.78 is 0. The first kappa shape index (κ1) is 28.3. The van der Waals surface area contributed by atoms with Crippen molar-refractivity contribution in [1.82, 2.24) is 9.80 Å². The Labute approximate surface area is 237 Å². The third kappa shape index (κ3) is 8.95. The molecular formula is C36H36N2O2. The highest BCUT2D eigenvalue weighted by molar-refractivity contribution is 5.93. The highest BCUT2D eigenvalue weighted by Crippen LogP contribution is 2.12. The largest absolute Gasteiger partial charge is 0.333 e. The van der Waals surface area contributed by atoms with Gasteiger partial charge in [0.05, 0.1) is 0 Å². The molecule has 0 radical (unpaired) electrons. The second-order valence-corrected chi connectivity index (χ2v) is 9.98. The van der Waals surface area contributed by atoms with Crippen molar-refractivity contribution in [3.63, 3.8) is 0 Å². The summed E-state index contributed by atoms with van der Waals surface area (Å²) in [6.07, 6.45) is 6.93. The van der Waals surface area contributed by atoms with Crippen molar-refractivity contribution < 1.29 is 9.59 Å². The standard InChI is InChI=1S/C36H36N2O2/c1-29-13-17-31(18-14-29)21-23-35(39)37(27-33-9-5-3-6-10-33)25-26-38(28-34-11-7-4-8-12-34)36(40)24-22-32-19-15-30(2)16-20-32/h3-24H,25-28H2,1-2H3/b23-21+,24-22+. The third-order valence-corrected chi connectivity index (χ3v) is 6.69. The fraction of sp³-hybridized carbons (Fsp3) is 0.167. The van der Waals surface area contributed by atoms with Crippen molar-refractivity contribution in [2.24, 2.45) is 0 Å². The van der Waals surface area contributed by atoms with E-state index in [1.807, 2.05) is 135 Å². The molecule has 0 unspecified atom stereocenters. The van der Waals surface area contributed by atoms with Crippen LogP contribution in [0.5, 0.6) is 0 Å². The number of amides is 2. The number of aryl methyl sites for hydroxylation is 2. The normalized spacial score (nSPS) is 11.2. The van der Waals surface area contributed by atoms with Crippen molar-refractivity contribution in [2.45, 2.75) is 26.9 Å². The molecule has 0 bridgehead atoms. The number of nitrogens with zero attached hydrogens (tertiary/aromatic N) is 2. The van der Waals surface area contributed by atoms with Gasteiger partial charge in [0.15, 0.2) is 0 Å². The van der Waals surface area contributed by atoms with Crippen LogP contribution in [-0.2, 0) is 22.7 Å². The Morgan fingerprint density at radius 2 is 0.875 bits per heavy atom. The van der Waals surface area contributed by atoms with Gasteiger partial charge >= 0.3 is 0 Å². The zero-order chi connectivity index (χ0) is 28.2. The van der Waals surface area contributed by atoms with E-state index in [-0.39, 0.29) is 11.8 Å². The Hall–Kier alpha value is -4.70. The average Bonchev–Trinajstić information content (AvgIpc) is 2.98. The molecule has 4 aromatic rings. The van der Waals surface area contributed by atoms with Crippen LogP contribution in [0.1, 0.15) is 33.4 Å². The van der Waals surface area contributed by atoms with Crippen LogP contribution in [0.15, 0.2) is 121 Å². The van der Waals surface area contributed by atoms with Crippen LogP contribution in [0.2, 0.25) is 0 Å². The number of hydrogen-bond donors (Lipinski definition) is 0. The summed E-state index contributed by atoms with van der Waals surface area (Å²) in [6, 6.07) is 36.0. The molecular weight excluding hydrogens is 492 g/mol. The molecule has 0 aliphatic heterocycles. The van der Waals surface area contributed by atoms with Gasteiger partial charge in [-0.05, 0) is 48.3 Å². The van der Waals surface area contributed by atoms with Gasteiger partial charge in [-0.2, -0.15) is 0 Å². The molecule has 0 aromatic heterocycles. The minimum absolute atomic E-state index is 0.0910. The monoisotopic (exact) mass is 528 g/mol. The van der Waals surface area contributed by atoms with E-state index in [1.165, 1.54) is 11.1 Å². The molecule has 0 aliphatic rings. The zero-order valence-corrected chi connectivity index (χ0v) is 23.2. The average molecular weight is 529 g/mol. The molecule has 2 amide bonds. The maximum Gasteiger partial charge on any atom is 0.246 e. The first-order valence-corrected chi connectivity index (χ1v) is 13.6. The highest BCUT2D eigenvalue weighted by Gasteiger charge is 2.17. The third-order valence-electron chi connectivity index (χ3n) is 6.69. The van der Waals surface area contributed by atoms with Crippen molar-refractivity contribution >= 4 is 24.0 Å². The lowest BCUT2D eigenvalue weighted by Gasteiger charge is -2.27. The van der Waals surface area contributed by atoms with E-state index in [0.29, 0.717) is 26.2 Å². The van der Waals surface area contributed by atoms with Gasteiger partial charge in [0.1, 0.15) is 0 Å². The second kappa shape index (κ2) is 14.5. The van der Waals surface area contributed by atoms with Gasteiger partial charge in [-0.3, -0.25) is 9.59 Å². The molecule has 0 saturated carbocycles. The van der Waals surface area contributed by atoms with Crippen LogP contribution in [0.4, 0.5) is 0 Å². The lowest BCUT2D eigenvalue weighted by atomic mass is 10.1. The molecule has 0 aliphatic carbocycles. The van der Waals surface area contributed by atoms with E-state index in [0.717, 1.165) is 22.3 Å². The van der Waals surface area contributed by atoms with Gasteiger partial charge in [-0.25, -0.2) is 0 Å². The number of rotatable bonds is 11. The molecule has 4 rings (SSSR count). The predicted molar refractivity (Wildman–Crippen MR) is 164 cm³/mol. The number of hydrogen-bond acceptors (Lipinski definition) is 2. The molecule has 0 atom stereocenters. The van der Waals surface area contributed by atoms with Crippen molar-refractivity contribution in [1.29, 1.82) is 0 Å². The Bertz CT molecular complexity index is 1310. The Morgan fingerprint density at radius 1 is 0.525 bits per heavy atom. The van der Waals surface area contributed by atoms with E-state index in [2.05, 4.69) is 0 Å². The van der Waals surface area contributed by atoms with Gasteiger partial charge in [0, 0.05) is 38.3 Å². The summed E-state index contributed by atoms with van der Waals surface area (Å²) in [6.45, 7) is 5.82. The second-order valence-electron chi connectivity index (χ2n) is 9.98. The van der Waals surface area contributed by atoms with Gasteiger partial charge in [-0.1, -0.05) is 120 Å². The molecule has 4 nitrogen and oxygen atoms in total. The first-order valence-electron chi connectivity index (χ1n) is 13.6. The molecule has 0 N–H and O–H groups in total. The van der Waals surface area contributed by atoms with Gasteiger partial charge in [-0.15, -0.1) is 0 Å². The van der Waals surface area contributed by atoms with Crippen LogP contribution in [-0.4, -0.2) is 34.7 Å². The SMILES string of the molecule is Cc1ccc(/C=C/C(=O)N(CCN(Cc2ccccc2)C(=O)/C=C/c2ccc(C)cc2)Cc2ccccc2)cc1. The van der Waals surface area contributed by atoms with E-state index in [1.54, 1.807) is 22.0 Å². The van der Waals surface area contributed by atoms with Gasteiger partial charge < -0.3 is 9.80 Å². The minimum atomic E-state index is -0.0910. The fourth-order valence-electron chi connectivity index (χ4n) is 4.28. The van der Waals surface area contributed by atoms with Crippen LogP contribution in [0.25, 0.3) is 12.2 Å². The van der Waals surface area contributed by atoms with Crippen LogP contribution < -0.4 is 0 Å². The summed E-state index contributed by atoms with van der Waals surface area (Å²) in [4.78, 5) is 30.4. The quantitative estimate of drug-likeness (QED) is 0.195. The number of carbonyl (C=O) groups is 2. The van der Waals surface area contributed by atoms with E-state index < -0.39 is 0 Å². The minimum Gasteiger partial charge on any atom is -0.333 e. The molecule has 0 saturated heterocycles. The zero-order valence-electron chi connectivity index (χ0n) is 23.2. The predicted octanol–water partition coefficient (Wildman–Crippen LogP) is 7.09. The highest BCUT2D eigenvalue weighted by atomic mass is 16.2. The number of benzene rings is 4. The number of carbonyl (C=O) groups excluding carboxylic acids is 2. The Balaban J connectivity index is 1.52. The van der Waals surface area contributed by atoms with E-state index in [9.17, 15) is 9.59 Å². The Morgan fingerprint density at radius 3 is 1.23 bits per heavy atom. The maximum atomic E-state index is 13.4. The summed E-state index contributed by atoms with van der Waals surface area (Å²) in [7, 11) is 0. The van der Waals surface area contributed by atoms with E-state index >= 15 is 0 Å². The molecule has 0 spiro atoms. The molecule has 202 valence electrons. The molecule has 4 aromatic carbocycles. The summed E-state index contributed by atoms with van der Waals surface area (Å²) in [5.74, 6) is -0.182. The van der Waals surface area contributed by atoms with Crippen molar-refractivity contribution in [3.8, 4) is 0 Å². The lowest BCUT2D eigenvalue weighted by Crippen LogP contribution is -2.39. The molecule has 4 heteroatoms. The Kier molecular flexibility index (Phi) is 10.2. The van der Waals surface area contributed by atoms with Crippen LogP contribution >= 0.6 is 0 Å². The summed E-state index contributed by atoms with van der Waals surface area (Å²) >= 11 is 0. The van der Waals surface area contributed by atoms with Crippen molar-refractivity contribution in [2.75, 3.05) is 13.1 Å². The maximum absolute atomic E-state index is 13.4. The van der Waals surface area contributed by atoms with Crippen LogP contribution in [0.3, 0.4) is 0 Å². The molecule has 40 heavy (non-hydrogen) atoms.